The van der Waals surface area contributed by atoms with Gasteiger partial charge in [-0.25, -0.2) is 4.79 Å². The minimum Gasteiger partial charge on any atom is -0.462 e. The van der Waals surface area contributed by atoms with Crippen LogP contribution < -0.4 is 5.32 Å². The smallest absolute Gasteiger partial charge is 0.336 e. The first kappa shape index (κ1) is 18.0. The van der Waals surface area contributed by atoms with Gasteiger partial charge >= 0.3 is 5.97 Å². The number of hydrogen-bond acceptors (Lipinski definition) is 3. The molecular weight excluding hydrogens is 338 g/mol. The van der Waals surface area contributed by atoms with E-state index >= 15 is 0 Å². The fourth-order valence-corrected chi connectivity index (χ4v) is 4.09. The van der Waals surface area contributed by atoms with Crippen molar-refractivity contribution < 1.29 is 14.3 Å². The van der Waals surface area contributed by atoms with Gasteiger partial charge in [0.25, 0.3) is 0 Å². The fraction of sp³-hybridized carbons (Fsp3) is 0.500. The number of benzene rings is 1. The third-order valence-electron chi connectivity index (χ3n) is 5.14. The number of halogens is 1. The molecule has 1 aromatic rings. The molecule has 1 heterocycles. The monoisotopic (exact) mass is 361 g/mol. The highest BCUT2D eigenvalue weighted by molar-refractivity contribution is 6.31. The summed E-state index contributed by atoms with van der Waals surface area (Å²) in [6, 6.07) is 7.36. The zero-order valence-corrected chi connectivity index (χ0v) is 15.3. The van der Waals surface area contributed by atoms with Gasteiger partial charge in [-0.3, -0.25) is 4.79 Å². The van der Waals surface area contributed by atoms with Crippen molar-refractivity contribution in [1.82, 2.24) is 5.32 Å². The van der Waals surface area contributed by atoms with Gasteiger partial charge in [-0.2, -0.15) is 0 Å². The van der Waals surface area contributed by atoms with Crippen LogP contribution in [0.2, 0.25) is 5.02 Å². The molecule has 25 heavy (non-hydrogen) atoms. The number of hydrogen-bond donors (Lipinski definition) is 1. The topological polar surface area (TPSA) is 55.4 Å². The Kier molecular flexibility index (Phi) is 5.79. The summed E-state index contributed by atoms with van der Waals surface area (Å²) in [6.45, 7) is 2.21. The van der Waals surface area contributed by atoms with Crippen LogP contribution in [0.5, 0.6) is 0 Å². The van der Waals surface area contributed by atoms with Crippen molar-refractivity contribution in [2.45, 2.75) is 51.4 Å². The molecule has 134 valence electrons. The Labute approximate surface area is 153 Å². The average Bonchev–Trinajstić information content (AvgIpc) is 2.60. The van der Waals surface area contributed by atoms with Crippen molar-refractivity contribution in [1.29, 1.82) is 0 Å². The predicted molar refractivity (Wildman–Crippen MR) is 97.2 cm³/mol. The lowest BCUT2D eigenvalue weighted by molar-refractivity contribution is -0.141. The van der Waals surface area contributed by atoms with E-state index in [0.29, 0.717) is 28.8 Å². The highest BCUT2D eigenvalue weighted by Gasteiger charge is 2.34. The van der Waals surface area contributed by atoms with Gasteiger partial charge in [0.2, 0.25) is 5.91 Å². The van der Waals surface area contributed by atoms with E-state index in [1.54, 1.807) is 13.0 Å². The Morgan fingerprint density at radius 3 is 2.68 bits per heavy atom. The van der Waals surface area contributed by atoms with Crippen LogP contribution in [0.1, 0.15) is 56.9 Å². The van der Waals surface area contributed by atoms with Crippen molar-refractivity contribution in [3.8, 4) is 0 Å². The maximum atomic E-state index is 12.8. The number of esters is 1. The molecule has 0 unspecified atom stereocenters. The number of carbonyl (C=O) groups is 2. The normalized spacial score (nSPS) is 21.8. The summed E-state index contributed by atoms with van der Waals surface area (Å²) < 4.78 is 5.63. The van der Waals surface area contributed by atoms with E-state index in [9.17, 15) is 9.59 Å². The minimum absolute atomic E-state index is 0.105. The van der Waals surface area contributed by atoms with Gasteiger partial charge in [0, 0.05) is 23.1 Å². The quantitative estimate of drug-likeness (QED) is 0.811. The number of amides is 1. The van der Waals surface area contributed by atoms with E-state index in [-0.39, 0.29) is 24.2 Å². The number of ether oxygens (including phenoxy) is 1. The van der Waals surface area contributed by atoms with Gasteiger partial charge in [-0.15, -0.1) is 0 Å². The summed E-state index contributed by atoms with van der Waals surface area (Å²) in [5.41, 5.74) is 1.88. The van der Waals surface area contributed by atoms with Crippen LogP contribution in [0.4, 0.5) is 0 Å². The molecule has 1 aliphatic heterocycles. The van der Waals surface area contributed by atoms with E-state index in [1.165, 1.54) is 19.3 Å². The van der Waals surface area contributed by atoms with Crippen molar-refractivity contribution >= 4 is 23.5 Å². The summed E-state index contributed by atoms with van der Waals surface area (Å²) in [5, 5.41) is 3.33. The minimum atomic E-state index is -0.360. The molecule has 1 aromatic carbocycles. The van der Waals surface area contributed by atoms with Crippen LogP contribution in [0.3, 0.4) is 0 Å². The molecule has 2 aliphatic rings. The zero-order valence-electron chi connectivity index (χ0n) is 14.5. The lowest BCUT2D eigenvalue weighted by Gasteiger charge is -2.28. The van der Waals surface area contributed by atoms with Crippen LogP contribution in [0.15, 0.2) is 35.5 Å². The first-order chi connectivity index (χ1) is 12.1. The second-order valence-electron chi connectivity index (χ2n) is 6.97. The molecule has 1 fully saturated rings. The Morgan fingerprint density at radius 2 is 1.96 bits per heavy atom. The van der Waals surface area contributed by atoms with E-state index < -0.39 is 0 Å². The summed E-state index contributed by atoms with van der Waals surface area (Å²) in [6.07, 6.45) is 6.14. The molecule has 1 atom stereocenters. The Hall–Kier alpha value is -1.81. The summed E-state index contributed by atoms with van der Waals surface area (Å²) in [7, 11) is 0. The van der Waals surface area contributed by atoms with Crippen LogP contribution in [0.25, 0.3) is 0 Å². The lowest BCUT2D eigenvalue weighted by Crippen LogP contribution is -2.34. The van der Waals surface area contributed by atoms with Gasteiger partial charge in [0.05, 0.1) is 12.2 Å². The van der Waals surface area contributed by atoms with Gasteiger partial charge in [-0.1, -0.05) is 49.1 Å². The molecular formula is C20H24ClNO3. The maximum Gasteiger partial charge on any atom is 0.336 e. The van der Waals surface area contributed by atoms with E-state index in [0.717, 1.165) is 18.4 Å². The summed E-state index contributed by atoms with van der Waals surface area (Å²) >= 11 is 6.32. The summed E-state index contributed by atoms with van der Waals surface area (Å²) in [4.78, 5) is 24.8. The van der Waals surface area contributed by atoms with Crippen molar-refractivity contribution in [3.63, 3.8) is 0 Å². The fourth-order valence-electron chi connectivity index (χ4n) is 3.82. The molecule has 1 amide bonds. The van der Waals surface area contributed by atoms with Gasteiger partial charge in [0.15, 0.2) is 0 Å². The SMILES string of the molecule is CC1=C(C(=O)OCC2CCCCC2)[C@H](c2ccccc2Cl)CC(=O)N1. The van der Waals surface area contributed by atoms with Crippen molar-refractivity contribution in [3.05, 3.63) is 46.1 Å². The molecule has 1 N–H and O–H groups in total. The van der Waals surface area contributed by atoms with Crippen LogP contribution in [-0.2, 0) is 14.3 Å². The largest absolute Gasteiger partial charge is 0.462 e. The molecule has 0 radical (unpaired) electrons. The second-order valence-corrected chi connectivity index (χ2v) is 7.37. The molecule has 0 aromatic heterocycles. The van der Waals surface area contributed by atoms with Crippen molar-refractivity contribution in [2.24, 2.45) is 5.92 Å². The molecule has 0 saturated heterocycles. The van der Waals surface area contributed by atoms with Crippen LogP contribution in [-0.4, -0.2) is 18.5 Å². The lowest BCUT2D eigenvalue weighted by atomic mass is 9.84. The van der Waals surface area contributed by atoms with E-state index in [1.807, 2.05) is 18.2 Å². The van der Waals surface area contributed by atoms with Gasteiger partial charge < -0.3 is 10.1 Å². The third-order valence-corrected chi connectivity index (χ3v) is 5.49. The Morgan fingerprint density at radius 1 is 1.24 bits per heavy atom. The standard InChI is InChI=1S/C20H24ClNO3/c1-13-19(20(24)25-12-14-7-3-2-4-8-14)16(11-18(23)22-13)15-9-5-6-10-17(15)21/h5-6,9-10,14,16H,2-4,7-8,11-12H2,1H3,(H,22,23)/t16-/m0/s1. The molecule has 1 aliphatic carbocycles. The Balaban J connectivity index is 1.79. The number of rotatable bonds is 4. The highest BCUT2D eigenvalue weighted by atomic mass is 35.5. The molecule has 4 nitrogen and oxygen atoms in total. The molecule has 0 bridgehead atoms. The predicted octanol–water partition coefficient (Wildman–Crippen LogP) is 4.34. The van der Waals surface area contributed by atoms with Crippen molar-refractivity contribution in [2.75, 3.05) is 6.61 Å². The molecule has 1 saturated carbocycles. The summed E-state index contributed by atoms with van der Waals surface area (Å²) in [5.74, 6) is -0.351. The Bertz CT molecular complexity index is 692. The number of nitrogens with one attached hydrogen (secondary N) is 1. The van der Waals surface area contributed by atoms with Crippen LogP contribution in [0, 0.1) is 5.92 Å². The molecule has 5 heteroatoms. The van der Waals surface area contributed by atoms with Crippen LogP contribution >= 0.6 is 11.6 Å². The molecule has 3 rings (SSSR count). The third kappa shape index (κ3) is 4.24. The molecule has 0 spiro atoms. The number of carbonyl (C=O) groups excluding carboxylic acids is 2. The van der Waals surface area contributed by atoms with Gasteiger partial charge in [-0.05, 0) is 37.3 Å². The van der Waals surface area contributed by atoms with E-state index in [4.69, 9.17) is 16.3 Å². The van der Waals surface area contributed by atoms with Gasteiger partial charge in [0.1, 0.15) is 0 Å². The maximum absolute atomic E-state index is 12.8. The highest BCUT2D eigenvalue weighted by Crippen LogP contribution is 2.37. The zero-order chi connectivity index (χ0) is 17.8. The first-order valence-electron chi connectivity index (χ1n) is 8.98. The second kappa shape index (κ2) is 8.05. The number of allylic oxidation sites excluding steroid dienone is 1. The van der Waals surface area contributed by atoms with E-state index in [2.05, 4.69) is 5.32 Å². The first-order valence-corrected chi connectivity index (χ1v) is 9.36. The average molecular weight is 362 g/mol.